The van der Waals surface area contributed by atoms with Gasteiger partial charge in [-0.25, -0.2) is 0 Å². The first kappa shape index (κ1) is 24.6. The molecule has 33 heavy (non-hydrogen) atoms. The maximum Gasteiger partial charge on any atom is 0.433 e. The number of pyridine rings is 1. The normalized spacial score (nSPS) is 12.3. The van der Waals surface area contributed by atoms with Crippen molar-refractivity contribution in [3.63, 3.8) is 0 Å². The zero-order valence-corrected chi connectivity index (χ0v) is 19.1. The molecular weight excluding hydrogens is 451 g/mol. The van der Waals surface area contributed by atoms with E-state index in [4.69, 9.17) is 11.6 Å². The molecule has 0 aliphatic heterocycles. The van der Waals surface area contributed by atoms with Crippen LogP contribution in [0.1, 0.15) is 34.8 Å². The Kier molecular flexibility index (Phi) is 7.97. The molecule has 0 radical (unpaired) electrons. The van der Waals surface area contributed by atoms with Gasteiger partial charge in [-0.3, -0.25) is 9.78 Å². The summed E-state index contributed by atoms with van der Waals surface area (Å²) in [5.74, 6) is -0.172. The molecule has 0 fully saturated rings. The number of halogens is 4. The zero-order chi connectivity index (χ0) is 24.0. The number of hydrogen-bond donors (Lipinski definition) is 1. The van der Waals surface area contributed by atoms with Crippen LogP contribution in [0.4, 0.5) is 18.9 Å². The van der Waals surface area contributed by atoms with Crippen molar-refractivity contribution in [2.24, 2.45) is 0 Å². The number of nitrogens with zero attached hydrogens (tertiary/aromatic N) is 2. The Labute approximate surface area is 196 Å². The van der Waals surface area contributed by atoms with E-state index in [1.165, 1.54) is 12.3 Å². The van der Waals surface area contributed by atoms with Crippen LogP contribution in [0, 0.1) is 6.92 Å². The predicted molar refractivity (Wildman–Crippen MR) is 124 cm³/mol. The van der Waals surface area contributed by atoms with Crippen molar-refractivity contribution in [1.82, 2.24) is 10.3 Å². The molecule has 174 valence electrons. The molecule has 0 saturated carbocycles. The minimum Gasteiger partial charge on any atom is -0.357 e. The number of aryl methyl sites for hydroxylation is 2. The van der Waals surface area contributed by atoms with Crippen molar-refractivity contribution < 1.29 is 18.0 Å². The summed E-state index contributed by atoms with van der Waals surface area (Å²) >= 11 is 6.38. The molecule has 1 unspecified atom stereocenters. The molecule has 0 spiro atoms. The van der Waals surface area contributed by atoms with Crippen LogP contribution in [0.2, 0.25) is 5.02 Å². The number of carbonyl (C=O) groups is 1. The molecule has 3 rings (SSSR count). The van der Waals surface area contributed by atoms with E-state index in [0.29, 0.717) is 30.0 Å². The van der Waals surface area contributed by atoms with Crippen LogP contribution >= 0.6 is 11.6 Å². The smallest absolute Gasteiger partial charge is 0.357 e. The van der Waals surface area contributed by atoms with Crippen molar-refractivity contribution in [3.8, 4) is 0 Å². The maximum absolute atomic E-state index is 12.9. The second-order valence-electron chi connectivity index (χ2n) is 7.71. The third-order valence-corrected chi connectivity index (χ3v) is 5.80. The molecule has 3 aromatic rings. The summed E-state index contributed by atoms with van der Waals surface area (Å²) < 4.78 is 38.3. The highest BCUT2D eigenvalue weighted by molar-refractivity contribution is 6.31. The molecule has 0 bridgehead atoms. The Morgan fingerprint density at radius 1 is 1.12 bits per heavy atom. The molecule has 2 aromatic carbocycles. The monoisotopic (exact) mass is 475 g/mol. The highest BCUT2D eigenvalue weighted by Gasteiger charge is 2.32. The molecule has 8 heteroatoms. The first-order valence-electron chi connectivity index (χ1n) is 10.5. The lowest BCUT2D eigenvalue weighted by molar-refractivity contribution is -0.141. The van der Waals surface area contributed by atoms with Gasteiger partial charge in [0.1, 0.15) is 11.7 Å². The van der Waals surface area contributed by atoms with Gasteiger partial charge in [0.2, 0.25) is 5.91 Å². The average Bonchev–Trinajstić information content (AvgIpc) is 2.80. The van der Waals surface area contributed by atoms with Gasteiger partial charge >= 0.3 is 6.18 Å². The Bertz CT molecular complexity index is 1070. The van der Waals surface area contributed by atoms with E-state index < -0.39 is 17.9 Å². The Morgan fingerprint density at radius 2 is 1.85 bits per heavy atom. The molecule has 4 nitrogen and oxygen atoms in total. The molecule has 1 atom stereocenters. The van der Waals surface area contributed by atoms with Gasteiger partial charge in [0.25, 0.3) is 0 Å². The summed E-state index contributed by atoms with van der Waals surface area (Å²) in [4.78, 5) is 18.4. The second-order valence-corrected chi connectivity index (χ2v) is 8.11. The van der Waals surface area contributed by atoms with Gasteiger partial charge in [0.05, 0.1) is 0 Å². The molecular formula is C25H25ClF3N3O. The average molecular weight is 476 g/mol. The molecule has 0 saturated heterocycles. The number of benzene rings is 2. The number of rotatable bonds is 8. The molecule has 1 aromatic heterocycles. The summed E-state index contributed by atoms with van der Waals surface area (Å²) in [5, 5.41) is 3.33. The second kappa shape index (κ2) is 10.7. The van der Waals surface area contributed by atoms with E-state index >= 15 is 0 Å². The molecule has 0 aliphatic rings. The maximum atomic E-state index is 12.9. The standard InChI is InChI=1S/C25H25ClF3N3O/c1-17-10-12-20(15-21(17)26)32(23(24(33)30-2)19-8-4-3-5-9-19)14-6-7-18-11-13-22(31-16-18)25(27,28)29/h3-5,8-13,15-16,23H,6-7,14H2,1-2H3,(H,30,33). The summed E-state index contributed by atoms with van der Waals surface area (Å²) in [7, 11) is 1.59. The fourth-order valence-corrected chi connectivity index (χ4v) is 3.78. The quantitative estimate of drug-likeness (QED) is 0.435. The van der Waals surface area contributed by atoms with Crippen molar-refractivity contribution in [2.75, 3.05) is 18.5 Å². The first-order valence-corrected chi connectivity index (χ1v) is 10.9. The van der Waals surface area contributed by atoms with Crippen LogP contribution in [0.25, 0.3) is 0 Å². The number of carbonyl (C=O) groups excluding carboxylic acids is 1. The number of amides is 1. The van der Waals surface area contributed by atoms with Gasteiger partial charge in [0, 0.05) is 30.5 Å². The Balaban J connectivity index is 1.87. The van der Waals surface area contributed by atoms with E-state index in [1.807, 2.05) is 60.4 Å². The van der Waals surface area contributed by atoms with E-state index in [9.17, 15) is 18.0 Å². The van der Waals surface area contributed by atoms with Gasteiger partial charge in [-0.05, 0) is 54.7 Å². The highest BCUT2D eigenvalue weighted by Crippen LogP contribution is 2.31. The van der Waals surface area contributed by atoms with Gasteiger partial charge < -0.3 is 10.2 Å². The Hall–Kier alpha value is -3.06. The van der Waals surface area contributed by atoms with Gasteiger partial charge in [-0.15, -0.1) is 0 Å². The Morgan fingerprint density at radius 3 is 2.42 bits per heavy atom. The third kappa shape index (κ3) is 6.26. The summed E-state index contributed by atoms with van der Waals surface area (Å²) in [5.41, 5.74) is 2.32. The minimum atomic E-state index is -4.46. The van der Waals surface area contributed by atoms with E-state index in [0.717, 1.165) is 22.9 Å². The van der Waals surface area contributed by atoms with Crippen LogP contribution in [0.3, 0.4) is 0 Å². The number of anilines is 1. The molecule has 1 N–H and O–H groups in total. The van der Waals surface area contributed by atoms with E-state index in [2.05, 4.69) is 10.3 Å². The van der Waals surface area contributed by atoms with Crippen LogP contribution in [-0.2, 0) is 17.4 Å². The van der Waals surface area contributed by atoms with Crippen molar-refractivity contribution >= 4 is 23.2 Å². The van der Waals surface area contributed by atoms with E-state index in [1.54, 1.807) is 7.05 Å². The summed E-state index contributed by atoms with van der Waals surface area (Å²) in [6.45, 7) is 2.38. The van der Waals surface area contributed by atoms with Crippen molar-refractivity contribution in [3.05, 3.63) is 94.3 Å². The number of alkyl halides is 3. The lowest BCUT2D eigenvalue weighted by atomic mass is 10.0. The van der Waals surface area contributed by atoms with Crippen molar-refractivity contribution in [1.29, 1.82) is 0 Å². The molecule has 0 aliphatic carbocycles. The summed E-state index contributed by atoms with van der Waals surface area (Å²) in [6, 6.07) is 16.9. The zero-order valence-electron chi connectivity index (χ0n) is 18.4. The number of likely N-dealkylation sites (N-methyl/N-ethyl adjacent to an activating group) is 1. The largest absolute Gasteiger partial charge is 0.433 e. The highest BCUT2D eigenvalue weighted by atomic mass is 35.5. The minimum absolute atomic E-state index is 0.172. The van der Waals surface area contributed by atoms with Crippen LogP contribution in [0.15, 0.2) is 66.9 Å². The van der Waals surface area contributed by atoms with Gasteiger partial charge in [-0.2, -0.15) is 13.2 Å². The lowest BCUT2D eigenvalue weighted by Gasteiger charge is -2.33. The first-order chi connectivity index (χ1) is 15.7. The molecule has 1 amide bonds. The third-order valence-electron chi connectivity index (χ3n) is 5.39. The fourth-order valence-electron chi connectivity index (χ4n) is 3.61. The SMILES string of the molecule is CNC(=O)C(c1ccccc1)N(CCCc1ccc(C(F)(F)F)nc1)c1ccc(C)c(Cl)c1. The van der Waals surface area contributed by atoms with E-state index in [-0.39, 0.29) is 5.91 Å². The number of nitrogens with one attached hydrogen (secondary N) is 1. The van der Waals surface area contributed by atoms with Crippen LogP contribution in [-0.4, -0.2) is 24.5 Å². The lowest BCUT2D eigenvalue weighted by Crippen LogP contribution is -2.40. The number of aromatic nitrogens is 1. The topological polar surface area (TPSA) is 45.2 Å². The fraction of sp³-hybridized carbons (Fsp3) is 0.280. The van der Waals surface area contributed by atoms with Gasteiger partial charge in [-0.1, -0.05) is 54.1 Å². The predicted octanol–water partition coefficient (Wildman–Crippen LogP) is 5.99. The molecule has 1 heterocycles. The summed E-state index contributed by atoms with van der Waals surface area (Å²) in [6.07, 6.45) is -2.10. The number of hydrogen-bond acceptors (Lipinski definition) is 3. The van der Waals surface area contributed by atoms with Crippen LogP contribution < -0.4 is 10.2 Å². The van der Waals surface area contributed by atoms with Crippen molar-refractivity contribution in [2.45, 2.75) is 32.0 Å². The van der Waals surface area contributed by atoms with Gasteiger partial charge in [0.15, 0.2) is 0 Å². The van der Waals surface area contributed by atoms with Crippen LogP contribution in [0.5, 0.6) is 0 Å².